The van der Waals surface area contributed by atoms with Crippen LogP contribution in [0, 0.1) is 24.2 Å². The van der Waals surface area contributed by atoms with Crippen LogP contribution in [-0.2, 0) is 0 Å². The fraction of sp³-hybridized carbons (Fsp3) is 0.889. The molecule has 3 aliphatic heterocycles. The van der Waals surface area contributed by atoms with Crippen LogP contribution < -0.4 is 0 Å². The molecule has 0 amide bonds. The Morgan fingerprint density at radius 3 is 2.20 bits per heavy atom. The van der Waals surface area contributed by atoms with E-state index < -0.39 is 0 Å². The summed E-state index contributed by atoms with van der Waals surface area (Å²) in [6.07, 6.45) is 5.63. The van der Waals surface area contributed by atoms with Gasteiger partial charge in [-0.25, -0.2) is 0 Å². The summed E-state index contributed by atoms with van der Waals surface area (Å²) in [6.45, 7) is 4.18. The van der Waals surface area contributed by atoms with Gasteiger partial charge in [-0.2, -0.15) is 0 Å². The van der Waals surface area contributed by atoms with Gasteiger partial charge in [0.15, 0.2) is 0 Å². The quantitative estimate of drug-likeness (QED) is 0.483. The monoisotopic (exact) mass is 136 g/mol. The predicted octanol–water partition coefficient (Wildman–Crippen LogP) is 1.16. The summed E-state index contributed by atoms with van der Waals surface area (Å²) in [4.78, 5) is 2.66. The van der Waals surface area contributed by atoms with E-state index in [9.17, 15) is 0 Å². The molecule has 1 radical (unpaired) electrons. The third-order valence-corrected chi connectivity index (χ3v) is 3.32. The molecule has 10 heavy (non-hydrogen) atoms. The van der Waals surface area contributed by atoms with Crippen molar-refractivity contribution in [2.24, 2.45) is 17.8 Å². The Balaban J connectivity index is 1.90. The van der Waals surface area contributed by atoms with Crippen molar-refractivity contribution in [2.75, 3.05) is 19.6 Å². The minimum atomic E-state index is 0.978. The lowest BCUT2D eigenvalue weighted by molar-refractivity contribution is 0.0208. The largest absolute Gasteiger partial charge is 0.302 e. The lowest BCUT2D eigenvalue weighted by Crippen LogP contribution is -2.53. The van der Waals surface area contributed by atoms with Gasteiger partial charge in [-0.05, 0) is 37.0 Å². The Kier molecular flexibility index (Phi) is 0.984. The summed E-state index contributed by atoms with van der Waals surface area (Å²) < 4.78 is 0. The molecule has 0 aromatic rings. The van der Waals surface area contributed by atoms with Crippen LogP contribution in [0.15, 0.2) is 0 Å². The number of hydrogen-bond donors (Lipinski definition) is 0. The third-order valence-electron chi connectivity index (χ3n) is 3.32. The van der Waals surface area contributed by atoms with Gasteiger partial charge < -0.3 is 4.90 Å². The SMILES string of the molecule is [CH]1C2CC3CC1CN(C2)C3. The minimum absolute atomic E-state index is 0.978. The Hall–Kier alpha value is -0.0400. The van der Waals surface area contributed by atoms with Crippen molar-refractivity contribution in [1.29, 1.82) is 0 Å². The molecule has 3 heterocycles. The fourth-order valence-corrected chi connectivity index (χ4v) is 3.17. The zero-order valence-corrected chi connectivity index (χ0v) is 6.29. The van der Waals surface area contributed by atoms with E-state index >= 15 is 0 Å². The van der Waals surface area contributed by atoms with E-state index in [2.05, 4.69) is 11.3 Å². The smallest absolute Gasteiger partial charge is 0.00129 e. The molecular weight excluding hydrogens is 122 g/mol. The molecule has 55 valence electrons. The highest BCUT2D eigenvalue weighted by Crippen LogP contribution is 2.42. The Labute approximate surface area is 62.4 Å². The van der Waals surface area contributed by atoms with E-state index in [-0.39, 0.29) is 0 Å². The number of rotatable bonds is 0. The van der Waals surface area contributed by atoms with E-state index in [0.29, 0.717) is 0 Å². The van der Waals surface area contributed by atoms with Gasteiger partial charge in [-0.3, -0.25) is 0 Å². The van der Waals surface area contributed by atoms with Crippen molar-refractivity contribution >= 4 is 0 Å². The molecule has 4 rings (SSSR count). The van der Waals surface area contributed by atoms with E-state index in [1.807, 2.05) is 0 Å². The molecule has 0 N–H and O–H groups in total. The van der Waals surface area contributed by atoms with Crippen molar-refractivity contribution < 1.29 is 0 Å². The zero-order chi connectivity index (χ0) is 6.55. The van der Waals surface area contributed by atoms with Crippen LogP contribution >= 0.6 is 0 Å². The van der Waals surface area contributed by atoms with E-state index in [1.165, 1.54) is 32.5 Å². The van der Waals surface area contributed by atoms with E-state index in [0.717, 1.165) is 17.8 Å². The van der Waals surface area contributed by atoms with Crippen LogP contribution in [0.25, 0.3) is 0 Å². The maximum absolute atomic E-state index is 2.66. The average molecular weight is 136 g/mol. The molecule has 4 bridgehead atoms. The Morgan fingerprint density at radius 2 is 1.70 bits per heavy atom. The molecule has 1 aliphatic carbocycles. The first-order valence-corrected chi connectivity index (χ1v) is 4.47. The lowest BCUT2D eigenvalue weighted by atomic mass is 9.68. The normalized spacial score (nSPS) is 57.6. The number of piperidine rings is 3. The van der Waals surface area contributed by atoms with Crippen molar-refractivity contribution in [3.63, 3.8) is 0 Å². The van der Waals surface area contributed by atoms with E-state index in [4.69, 9.17) is 0 Å². The maximum Gasteiger partial charge on any atom is 0.00129 e. The molecule has 1 heteroatoms. The van der Waals surface area contributed by atoms with Crippen molar-refractivity contribution in [3.05, 3.63) is 6.42 Å². The number of hydrogen-bond acceptors (Lipinski definition) is 1. The molecule has 0 spiro atoms. The second-order valence-electron chi connectivity index (χ2n) is 4.27. The van der Waals surface area contributed by atoms with Gasteiger partial charge in [0.1, 0.15) is 0 Å². The van der Waals surface area contributed by atoms with Crippen LogP contribution in [-0.4, -0.2) is 24.5 Å². The molecule has 4 aliphatic rings. The second-order valence-corrected chi connectivity index (χ2v) is 4.27. The van der Waals surface area contributed by atoms with Gasteiger partial charge in [0, 0.05) is 19.6 Å². The summed E-state index contributed by atoms with van der Waals surface area (Å²) in [7, 11) is 0. The highest BCUT2D eigenvalue weighted by atomic mass is 15.2. The highest BCUT2D eigenvalue weighted by Gasteiger charge is 2.40. The average Bonchev–Trinajstić information content (AvgIpc) is 1.82. The van der Waals surface area contributed by atoms with Gasteiger partial charge in [0.2, 0.25) is 0 Å². The molecule has 3 saturated heterocycles. The predicted molar refractivity (Wildman–Crippen MR) is 40.4 cm³/mol. The lowest BCUT2D eigenvalue weighted by Gasteiger charge is -2.51. The van der Waals surface area contributed by atoms with Crippen molar-refractivity contribution in [3.8, 4) is 0 Å². The minimum Gasteiger partial charge on any atom is -0.302 e. The fourth-order valence-electron chi connectivity index (χ4n) is 3.17. The molecule has 1 saturated carbocycles. The topological polar surface area (TPSA) is 3.24 Å². The summed E-state index contributed by atoms with van der Waals surface area (Å²) in [5.74, 6) is 3.03. The van der Waals surface area contributed by atoms with Gasteiger partial charge >= 0.3 is 0 Å². The van der Waals surface area contributed by atoms with Crippen LogP contribution in [0.5, 0.6) is 0 Å². The van der Waals surface area contributed by atoms with Crippen molar-refractivity contribution in [2.45, 2.75) is 12.8 Å². The van der Waals surface area contributed by atoms with Gasteiger partial charge in [0.25, 0.3) is 0 Å². The summed E-state index contributed by atoms with van der Waals surface area (Å²) >= 11 is 0. The summed E-state index contributed by atoms with van der Waals surface area (Å²) in [5.41, 5.74) is 0. The van der Waals surface area contributed by atoms with Gasteiger partial charge in [-0.15, -0.1) is 0 Å². The summed E-state index contributed by atoms with van der Waals surface area (Å²) in [5, 5.41) is 0. The first-order valence-electron chi connectivity index (χ1n) is 4.47. The molecule has 1 nitrogen and oxygen atoms in total. The standard InChI is InChI=1S/C9H14N/c1-7-2-9-3-8(1)5-10(4-7)6-9/h1,7-9H,2-6H2. The zero-order valence-electron chi connectivity index (χ0n) is 6.29. The van der Waals surface area contributed by atoms with E-state index in [1.54, 1.807) is 0 Å². The van der Waals surface area contributed by atoms with Crippen LogP contribution in [0.4, 0.5) is 0 Å². The Bertz CT molecular complexity index is 96.3. The maximum atomic E-state index is 2.66. The van der Waals surface area contributed by atoms with Crippen LogP contribution in [0.3, 0.4) is 0 Å². The Morgan fingerprint density at radius 1 is 1.00 bits per heavy atom. The van der Waals surface area contributed by atoms with Crippen LogP contribution in [0.1, 0.15) is 12.8 Å². The molecule has 0 aromatic heterocycles. The highest BCUT2D eigenvalue weighted by molar-refractivity contribution is 5.02. The molecule has 2 atom stereocenters. The molecule has 0 aromatic carbocycles. The summed E-state index contributed by atoms with van der Waals surface area (Å²) in [6, 6.07) is 0. The third kappa shape index (κ3) is 0.672. The van der Waals surface area contributed by atoms with Gasteiger partial charge in [-0.1, -0.05) is 0 Å². The van der Waals surface area contributed by atoms with Crippen LogP contribution in [0.2, 0.25) is 0 Å². The number of nitrogens with zero attached hydrogens (tertiary/aromatic N) is 1. The molecule has 4 fully saturated rings. The first-order chi connectivity index (χ1) is 4.90. The van der Waals surface area contributed by atoms with Gasteiger partial charge in [0.05, 0.1) is 0 Å². The second kappa shape index (κ2) is 1.76. The first kappa shape index (κ1) is 5.59. The van der Waals surface area contributed by atoms with Crippen molar-refractivity contribution in [1.82, 2.24) is 4.90 Å². The molecule has 2 unspecified atom stereocenters. The molecular formula is C9H14N.